The van der Waals surface area contributed by atoms with Gasteiger partial charge >= 0.3 is 17.1 Å². The number of hydrogen-bond donors (Lipinski definition) is 0. The first kappa shape index (κ1) is 34.4. The van der Waals surface area contributed by atoms with Gasteiger partial charge in [0.1, 0.15) is 0 Å². The zero-order valence-corrected chi connectivity index (χ0v) is 26.9. The van der Waals surface area contributed by atoms with Crippen LogP contribution >= 0.6 is 15.8 Å². The predicted molar refractivity (Wildman–Crippen MR) is 153 cm³/mol. The summed E-state index contributed by atoms with van der Waals surface area (Å²) in [4.78, 5) is 0. The van der Waals surface area contributed by atoms with Crippen LogP contribution in [0.4, 0.5) is 0 Å². The molecule has 2 atom stereocenters. The molecular weight excluding hydrogens is 478 g/mol. The maximum atomic E-state index is 2.40. The third-order valence-electron chi connectivity index (χ3n) is 6.01. The van der Waals surface area contributed by atoms with Crippen LogP contribution in [0.1, 0.15) is 96.9 Å². The molecular formula is C30H52FeP2+2. The van der Waals surface area contributed by atoms with E-state index in [1.54, 1.807) is 0 Å². The molecule has 10 radical (unpaired) electrons. The van der Waals surface area contributed by atoms with Crippen LogP contribution in [0.25, 0.3) is 0 Å². The maximum Gasteiger partial charge on any atom is 2.00 e. The van der Waals surface area contributed by atoms with Crippen molar-refractivity contribution in [1.29, 1.82) is 0 Å². The fourth-order valence-corrected chi connectivity index (χ4v) is 15.6. The van der Waals surface area contributed by atoms with Crippen molar-refractivity contribution in [1.82, 2.24) is 0 Å². The van der Waals surface area contributed by atoms with E-state index in [9.17, 15) is 0 Å². The van der Waals surface area contributed by atoms with Crippen molar-refractivity contribution >= 4 is 15.8 Å². The molecule has 2 aliphatic rings. The minimum atomic E-state index is -0.0545. The summed E-state index contributed by atoms with van der Waals surface area (Å²) in [5.74, 6) is 3.02. The van der Waals surface area contributed by atoms with E-state index in [-0.39, 0.29) is 32.9 Å². The van der Waals surface area contributed by atoms with Gasteiger partial charge in [0.2, 0.25) is 0 Å². The first-order valence-corrected chi connectivity index (χ1v) is 15.1. The molecule has 0 bridgehead atoms. The van der Waals surface area contributed by atoms with E-state index < -0.39 is 0 Å². The fraction of sp³-hybridized carbons (Fsp3) is 0.667. The smallest absolute Gasteiger partial charge is 0.0921 e. The van der Waals surface area contributed by atoms with Gasteiger partial charge in [-0.05, 0) is 95.1 Å². The van der Waals surface area contributed by atoms with Gasteiger partial charge < -0.3 is 0 Å². The molecule has 0 spiro atoms. The van der Waals surface area contributed by atoms with Crippen molar-refractivity contribution in [3.63, 3.8) is 0 Å². The first-order valence-electron chi connectivity index (χ1n) is 12.3. The number of hydrogen-bond acceptors (Lipinski definition) is 0. The summed E-state index contributed by atoms with van der Waals surface area (Å²) in [5, 5.41) is 1.63. The quantitative estimate of drug-likeness (QED) is 0.251. The van der Waals surface area contributed by atoms with Crippen molar-refractivity contribution in [2.75, 3.05) is 0 Å². The molecule has 2 saturated carbocycles. The van der Waals surface area contributed by atoms with Crippen molar-refractivity contribution in [3.05, 3.63) is 63.2 Å². The second-order valence-electron chi connectivity index (χ2n) is 13.2. The zero-order chi connectivity index (χ0) is 25.1. The third-order valence-corrected chi connectivity index (χ3v) is 13.9. The van der Waals surface area contributed by atoms with Crippen LogP contribution in [0.15, 0.2) is 0 Å². The Bertz CT molecular complexity index is 454. The van der Waals surface area contributed by atoms with Crippen molar-refractivity contribution < 1.29 is 17.1 Å². The Balaban J connectivity index is 0.000000602. The van der Waals surface area contributed by atoms with Gasteiger partial charge in [-0.25, -0.2) is 0 Å². The molecule has 2 aliphatic carbocycles. The average molecular weight is 531 g/mol. The second kappa shape index (κ2) is 13.3. The molecule has 0 nitrogen and oxygen atoms in total. The third kappa shape index (κ3) is 10.7. The van der Waals surface area contributed by atoms with Gasteiger partial charge in [-0.2, -0.15) is 0 Å². The second-order valence-corrected chi connectivity index (χ2v) is 21.6. The van der Waals surface area contributed by atoms with E-state index in [4.69, 9.17) is 0 Å². The Morgan fingerprint density at radius 2 is 0.636 bits per heavy atom. The molecule has 2 fully saturated rings. The largest absolute Gasteiger partial charge is 2.00 e. The van der Waals surface area contributed by atoms with Gasteiger partial charge in [0, 0.05) is 0 Å². The summed E-state index contributed by atoms with van der Waals surface area (Å²) in [5.41, 5.74) is 1.37. The van der Waals surface area contributed by atoms with Crippen LogP contribution in [0, 0.1) is 63.2 Å². The molecule has 33 heavy (non-hydrogen) atoms. The summed E-state index contributed by atoms with van der Waals surface area (Å²) < 4.78 is 0. The standard InChI is InChI=1S/2C15H26P.Fe/c2*1-12(13-10-8-9-11-13)16(14(2,3)4)15(5,6)7;/h2*8-12H,1-7H3;/q;;+2/t2*12-;/m00./s1. The van der Waals surface area contributed by atoms with Crippen LogP contribution in [0.5, 0.6) is 0 Å². The molecule has 0 heterocycles. The van der Waals surface area contributed by atoms with Crippen LogP contribution in [-0.4, -0.2) is 31.9 Å². The van der Waals surface area contributed by atoms with Crippen molar-refractivity contribution in [2.45, 2.75) is 129 Å². The van der Waals surface area contributed by atoms with Crippen LogP contribution in [-0.2, 0) is 17.1 Å². The van der Waals surface area contributed by atoms with E-state index in [0.717, 1.165) is 0 Å². The van der Waals surface area contributed by atoms with Crippen molar-refractivity contribution in [3.8, 4) is 0 Å². The van der Waals surface area contributed by atoms with E-state index in [2.05, 4.69) is 148 Å². The minimum Gasteiger partial charge on any atom is -0.0921 e. The molecule has 0 N–H and O–H groups in total. The fourth-order valence-electron chi connectivity index (χ4n) is 5.97. The average Bonchev–Trinajstić information content (AvgIpc) is 3.24. The summed E-state index contributed by atoms with van der Waals surface area (Å²) in [6.45, 7) is 33.5. The molecule has 0 aromatic carbocycles. The predicted octanol–water partition coefficient (Wildman–Crippen LogP) is 9.72. The molecule has 188 valence electrons. The Labute approximate surface area is 224 Å². The van der Waals surface area contributed by atoms with Crippen molar-refractivity contribution in [2.24, 2.45) is 0 Å². The topological polar surface area (TPSA) is 0 Å². The Morgan fingerprint density at radius 1 is 0.455 bits per heavy atom. The Morgan fingerprint density at radius 3 is 0.788 bits per heavy atom. The summed E-state index contributed by atoms with van der Waals surface area (Å²) in [6, 6.07) is 0. The zero-order valence-electron chi connectivity index (χ0n) is 24.0. The molecule has 0 aromatic heterocycles. The first-order chi connectivity index (χ1) is 14.3. The van der Waals surface area contributed by atoms with E-state index >= 15 is 0 Å². The summed E-state index contributed by atoms with van der Waals surface area (Å²) in [6.07, 6.45) is 17.7. The molecule has 2 rings (SSSR count). The monoisotopic (exact) mass is 530 g/mol. The summed E-state index contributed by atoms with van der Waals surface area (Å²) >= 11 is 0. The van der Waals surface area contributed by atoms with Crippen LogP contribution in [0.3, 0.4) is 0 Å². The van der Waals surface area contributed by atoms with Gasteiger partial charge in [-0.1, -0.05) is 113 Å². The van der Waals surface area contributed by atoms with Gasteiger partial charge in [0.05, 0.1) is 0 Å². The van der Waals surface area contributed by atoms with E-state index in [1.807, 2.05) is 0 Å². The van der Waals surface area contributed by atoms with Gasteiger partial charge in [0.15, 0.2) is 0 Å². The minimum absolute atomic E-state index is 0. The Kier molecular flexibility index (Phi) is 13.8. The molecule has 0 saturated heterocycles. The van der Waals surface area contributed by atoms with Gasteiger partial charge in [-0.15, -0.1) is 0 Å². The molecule has 0 aromatic rings. The summed E-state index contributed by atoms with van der Waals surface area (Å²) in [7, 11) is -0.109. The van der Waals surface area contributed by atoms with E-state index in [1.165, 1.54) is 11.8 Å². The molecule has 3 heteroatoms. The van der Waals surface area contributed by atoms with Crippen LogP contribution < -0.4 is 0 Å². The maximum absolute atomic E-state index is 2.40. The normalized spacial score (nSPS) is 21.1. The van der Waals surface area contributed by atoms with Crippen LogP contribution in [0.2, 0.25) is 0 Å². The molecule has 0 unspecified atom stereocenters. The van der Waals surface area contributed by atoms with E-state index in [0.29, 0.717) is 31.9 Å². The number of rotatable bonds is 4. The van der Waals surface area contributed by atoms with Gasteiger partial charge in [0.25, 0.3) is 0 Å². The molecule has 0 aliphatic heterocycles. The van der Waals surface area contributed by atoms with Gasteiger partial charge in [-0.3, -0.25) is 0 Å². The Hall–Kier alpha value is 1.38. The SMILES string of the molecule is C[C@@H]([C]1[CH][CH][CH][CH]1)P(C(C)(C)C)C(C)(C)C.C[C@@H]([C]1[CH][CH][CH][CH]1)P(C(C)(C)C)C(C)(C)C.[Fe+2]. The molecule has 0 amide bonds.